The minimum Gasteiger partial charge on any atom is -0.480 e. The predicted octanol–water partition coefficient (Wildman–Crippen LogP) is 0.985. The van der Waals surface area contributed by atoms with Crippen LogP contribution >= 0.6 is 0 Å². The molecule has 0 bridgehead atoms. The number of amides is 1. The number of benzene rings is 1. The van der Waals surface area contributed by atoms with Crippen molar-refractivity contribution in [3.05, 3.63) is 29.8 Å². The van der Waals surface area contributed by atoms with Crippen molar-refractivity contribution in [2.24, 2.45) is 5.92 Å². The van der Waals surface area contributed by atoms with E-state index in [4.69, 9.17) is 5.11 Å². The summed E-state index contributed by atoms with van der Waals surface area (Å²) >= 11 is 0. The first-order valence-corrected chi connectivity index (χ1v) is 9.26. The van der Waals surface area contributed by atoms with Gasteiger partial charge in [-0.3, -0.25) is 9.59 Å². The molecule has 0 saturated carbocycles. The highest BCUT2D eigenvalue weighted by atomic mass is 32.2. The molecule has 0 unspecified atom stereocenters. The summed E-state index contributed by atoms with van der Waals surface area (Å²) in [6.45, 7) is 3.78. The highest BCUT2D eigenvalue weighted by Crippen LogP contribution is 2.24. The lowest BCUT2D eigenvalue weighted by molar-refractivity contribution is -0.142. The Bertz CT molecular complexity index is 706. The van der Waals surface area contributed by atoms with Crippen molar-refractivity contribution in [3.63, 3.8) is 0 Å². The number of hydrogen-bond acceptors (Lipinski definition) is 4. The van der Waals surface area contributed by atoms with Crippen LogP contribution in [0.4, 0.5) is 0 Å². The zero-order chi connectivity index (χ0) is 17.9. The lowest BCUT2D eigenvalue weighted by Crippen LogP contribution is -2.46. The van der Waals surface area contributed by atoms with Crippen LogP contribution in [0, 0.1) is 12.8 Å². The molecule has 0 aliphatic carbocycles. The van der Waals surface area contributed by atoms with Gasteiger partial charge in [-0.1, -0.05) is 17.7 Å². The van der Waals surface area contributed by atoms with Crippen molar-refractivity contribution in [3.8, 4) is 0 Å². The highest BCUT2D eigenvalue weighted by molar-refractivity contribution is 7.89. The second kappa shape index (κ2) is 7.31. The molecular formula is C16H22N2O5S. The van der Waals surface area contributed by atoms with Gasteiger partial charge in [-0.2, -0.15) is 4.31 Å². The van der Waals surface area contributed by atoms with Crippen LogP contribution in [0.15, 0.2) is 29.2 Å². The maximum Gasteiger partial charge on any atom is 0.325 e. The monoisotopic (exact) mass is 354 g/mol. The first-order chi connectivity index (χ1) is 11.2. The zero-order valence-corrected chi connectivity index (χ0v) is 14.5. The number of aliphatic carboxylic acids is 1. The van der Waals surface area contributed by atoms with Gasteiger partial charge in [-0.15, -0.1) is 0 Å². The van der Waals surface area contributed by atoms with Crippen LogP contribution in [0.25, 0.3) is 0 Å². The van der Waals surface area contributed by atoms with Crippen molar-refractivity contribution >= 4 is 21.9 Å². The van der Waals surface area contributed by atoms with Crippen LogP contribution in [0.2, 0.25) is 0 Å². The average molecular weight is 354 g/mol. The van der Waals surface area contributed by atoms with Gasteiger partial charge in [-0.25, -0.2) is 8.42 Å². The van der Waals surface area contributed by atoms with Gasteiger partial charge < -0.3 is 10.4 Å². The molecule has 0 radical (unpaired) electrons. The van der Waals surface area contributed by atoms with E-state index in [0.29, 0.717) is 12.8 Å². The Morgan fingerprint density at radius 3 is 2.25 bits per heavy atom. The molecule has 1 aliphatic heterocycles. The molecule has 1 aromatic rings. The quantitative estimate of drug-likeness (QED) is 0.820. The largest absolute Gasteiger partial charge is 0.480 e. The Balaban J connectivity index is 1.98. The fourth-order valence-electron chi connectivity index (χ4n) is 2.61. The highest BCUT2D eigenvalue weighted by Gasteiger charge is 2.32. The number of carbonyl (C=O) groups is 2. The molecule has 8 heteroatoms. The topological polar surface area (TPSA) is 104 Å². The second-order valence-electron chi connectivity index (χ2n) is 6.06. The number of piperidine rings is 1. The van der Waals surface area contributed by atoms with E-state index in [1.165, 1.54) is 11.2 Å². The van der Waals surface area contributed by atoms with E-state index < -0.39 is 22.0 Å². The maximum absolute atomic E-state index is 12.6. The maximum atomic E-state index is 12.6. The molecular weight excluding hydrogens is 332 g/mol. The number of nitrogens with zero attached hydrogens (tertiary/aromatic N) is 1. The summed E-state index contributed by atoms with van der Waals surface area (Å²) in [5.74, 6) is -1.80. The van der Waals surface area contributed by atoms with Gasteiger partial charge in [0.25, 0.3) is 0 Å². The van der Waals surface area contributed by atoms with Crippen LogP contribution in [0.1, 0.15) is 25.3 Å². The summed E-state index contributed by atoms with van der Waals surface area (Å²) in [4.78, 5) is 23.1. The molecule has 0 aromatic heterocycles. The molecule has 1 aliphatic rings. The molecule has 0 spiro atoms. The van der Waals surface area contributed by atoms with Crippen LogP contribution in [-0.2, 0) is 19.6 Å². The molecule has 1 amide bonds. The first-order valence-electron chi connectivity index (χ1n) is 7.82. The molecule has 24 heavy (non-hydrogen) atoms. The summed E-state index contributed by atoms with van der Waals surface area (Å²) in [5.41, 5.74) is 0.983. The van der Waals surface area contributed by atoms with Crippen molar-refractivity contribution in [2.75, 3.05) is 13.1 Å². The first kappa shape index (κ1) is 18.4. The van der Waals surface area contributed by atoms with Gasteiger partial charge in [-0.05, 0) is 38.8 Å². The van der Waals surface area contributed by atoms with Gasteiger partial charge in [0.2, 0.25) is 15.9 Å². The zero-order valence-electron chi connectivity index (χ0n) is 13.7. The molecule has 7 nitrogen and oxygen atoms in total. The molecule has 1 saturated heterocycles. The fourth-order valence-corrected chi connectivity index (χ4v) is 4.08. The smallest absolute Gasteiger partial charge is 0.325 e. The van der Waals surface area contributed by atoms with Gasteiger partial charge in [0.1, 0.15) is 6.04 Å². The minimum atomic E-state index is -3.56. The lowest BCUT2D eigenvalue weighted by atomic mass is 9.97. The fraction of sp³-hybridized carbons (Fsp3) is 0.500. The Morgan fingerprint density at radius 2 is 1.75 bits per heavy atom. The standard InChI is InChI=1S/C16H22N2O5S/c1-11-3-5-14(6-4-11)24(22,23)18-9-7-13(8-10-18)15(19)17-12(2)16(20)21/h3-6,12-13H,7-10H2,1-2H3,(H,17,19)(H,20,21)/t12-/m1/s1. The van der Waals surface area contributed by atoms with E-state index >= 15 is 0 Å². The van der Waals surface area contributed by atoms with E-state index in [1.807, 2.05) is 6.92 Å². The molecule has 1 fully saturated rings. The Morgan fingerprint density at radius 1 is 1.21 bits per heavy atom. The SMILES string of the molecule is Cc1ccc(S(=O)(=O)N2CCC(C(=O)N[C@H](C)C(=O)O)CC2)cc1. The molecule has 1 atom stereocenters. The number of aryl methyl sites for hydroxylation is 1. The van der Waals surface area contributed by atoms with E-state index in [1.54, 1.807) is 24.3 Å². The second-order valence-corrected chi connectivity index (χ2v) is 8.00. The van der Waals surface area contributed by atoms with Gasteiger partial charge >= 0.3 is 5.97 Å². The summed E-state index contributed by atoms with van der Waals surface area (Å²) in [6, 6.07) is 5.71. The van der Waals surface area contributed by atoms with E-state index in [9.17, 15) is 18.0 Å². The number of carboxylic acids is 1. The molecule has 2 N–H and O–H groups in total. The van der Waals surface area contributed by atoms with E-state index in [-0.39, 0.29) is 29.8 Å². The van der Waals surface area contributed by atoms with Gasteiger partial charge in [0, 0.05) is 19.0 Å². The van der Waals surface area contributed by atoms with Crippen molar-refractivity contribution in [2.45, 2.75) is 37.6 Å². The summed E-state index contributed by atoms with van der Waals surface area (Å²) in [6.07, 6.45) is 0.756. The van der Waals surface area contributed by atoms with Crippen molar-refractivity contribution < 1.29 is 23.1 Å². The van der Waals surface area contributed by atoms with Crippen molar-refractivity contribution in [1.29, 1.82) is 0 Å². The third-order valence-electron chi connectivity index (χ3n) is 4.21. The summed E-state index contributed by atoms with van der Waals surface area (Å²) in [5, 5.41) is 11.3. The Labute approximate surface area is 141 Å². The average Bonchev–Trinajstić information content (AvgIpc) is 2.55. The number of hydrogen-bond donors (Lipinski definition) is 2. The minimum absolute atomic E-state index is 0.246. The van der Waals surface area contributed by atoms with Gasteiger partial charge in [0.05, 0.1) is 4.90 Å². The number of sulfonamides is 1. The third kappa shape index (κ3) is 4.12. The van der Waals surface area contributed by atoms with Crippen molar-refractivity contribution in [1.82, 2.24) is 9.62 Å². The molecule has 132 valence electrons. The number of carboxylic acid groups (broad SMARTS) is 1. The van der Waals surface area contributed by atoms with Crippen LogP contribution in [-0.4, -0.2) is 48.8 Å². The Hall–Kier alpha value is -1.93. The Kier molecular flexibility index (Phi) is 5.61. The summed E-state index contributed by atoms with van der Waals surface area (Å²) < 4.78 is 26.6. The van der Waals surface area contributed by atoms with E-state index in [2.05, 4.69) is 5.32 Å². The number of rotatable bonds is 5. The van der Waals surface area contributed by atoms with Crippen LogP contribution in [0.3, 0.4) is 0 Å². The number of nitrogens with one attached hydrogen (secondary N) is 1. The van der Waals surface area contributed by atoms with Gasteiger partial charge in [0.15, 0.2) is 0 Å². The van der Waals surface area contributed by atoms with Crippen LogP contribution < -0.4 is 5.32 Å². The predicted molar refractivity (Wildman–Crippen MR) is 87.9 cm³/mol. The van der Waals surface area contributed by atoms with Crippen LogP contribution in [0.5, 0.6) is 0 Å². The number of carbonyl (C=O) groups excluding carboxylic acids is 1. The molecule has 1 aromatic carbocycles. The third-order valence-corrected chi connectivity index (χ3v) is 6.13. The summed E-state index contributed by atoms with van der Waals surface area (Å²) in [7, 11) is -3.56. The van der Waals surface area contributed by atoms with E-state index in [0.717, 1.165) is 5.56 Å². The lowest BCUT2D eigenvalue weighted by Gasteiger charge is -2.30. The molecule has 1 heterocycles. The molecule has 2 rings (SSSR count). The normalized spacial score (nSPS) is 18.1.